The lowest BCUT2D eigenvalue weighted by atomic mass is 10.1. The van der Waals surface area contributed by atoms with Crippen molar-refractivity contribution in [1.82, 2.24) is 9.88 Å². The number of aromatic nitrogens is 1. The van der Waals surface area contributed by atoms with Gasteiger partial charge in [0.2, 0.25) is 0 Å². The van der Waals surface area contributed by atoms with Crippen LogP contribution in [0.2, 0.25) is 5.02 Å². The molecule has 0 aliphatic carbocycles. The molecule has 116 valence electrons. The summed E-state index contributed by atoms with van der Waals surface area (Å²) in [4.78, 5) is 24.6. The third kappa shape index (κ3) is 2.98. The van der Waals surface area contributed by atoms with Crippen LogP contribution in [-0.2, 0) is 18.4 Å². The van der Waals surface area contributed by atoms with Gasteiger partial charge in [0.1, 0.15) is 0 Å². The lowest BCUT2D eigenvalue weighted by Gasteiger charge is -2.06. The predicted octanol–water partition coefficient (Wildman–Crippen LogP) is 3.33. The van der Waals surface area contributed by atoms with E-state index >= 15 is 0 Å². The zero-order valence-electron chi connectivity index (χ0n) is 12.5. The number of hydrogen-bond donors (Lipinski definition) is 1. The number of para-hydroxylation sites is 1. The number of Topliss-reactive ketones (excluding diaryl/α,β-unsaturated/α-hetero) is 1. The van der Waals surface area contributed by atoms with Crippen LogP contribution in [0.3, 0.4) is 0 Å². The monoisotopic (exact) mass is 326 g/mol. The molecule has 0 fully saturated rings. The van der Waals surface area contributed by atoms with E-state index in [4.69, 9.17) is 11.6 Å². The molecule has 3 aromatic rings. The molecule has 0 atom stereocenters. The van der Waals surface area contributed by atoms with Crippen molar-refractivity contribution in [2.24, 2.45) is 7.05 Å². The number of nitrogens with one attached hydrogen (secondary N) is 1. The van der Waals surface area contributed by atoms with E-state index in [-0.39, 0.29) is 6.54 Å². The van der Waals surface area contributed by atoms with Crippen LogP contribution in [0.5, 0.6) is 0 Å². The molecule has 2 aromatic carbocycles. The van der Waals surface area contributed by atoms with Crippen LogP contribution >= 0.6 is 11.6 Å². The third-order valence-electron chi connectivity index (χ3n) is 3.75. The van der Waals surface area contributed by atoms with Gasteiger partial charge in [-0.25, -0.2) is 0 Å². The Kier molecular flexibility index (Phi) is 4.17. The minimum absolute atomic E-state index is 0.217. The van der Waals surface area contributed by atoms with Crippen molar-refractivity contribution < 1.29 is 9.59 Å². The van der Waals surface area contributed by atoms with Gasteiger partial charge in [-0.2, -0.15) is 0 Å². The minimum atomic E-state index is -0.638. The topological polar surface area (TPSA) is 51.1 Å². The van der Waals surface area contributed by atoms with Gasteiger partial charge in [-0.05, 0) is 17.7 Å². The van der Waals surface area contributed by atoms with Gasteiger partial charge >= 0.3 is 0 Å². The van der Waals surface area contributed by atoms with E-state index in [1.807, 2.05) is 54.1 Å². The van der Waals surface area contributed by atoms with Crippen LogP contribution in [0.25, 0.3) is 10.9 Å². The molecule has 1 heterocycles. The van der Waals surface area contributed by atoms with Crippen molar-refractivity contribution >= 4 is 34.2 Å². The number of hydrogen-bond acceptors (Lipinski definition) is 2. The summed E-state index contributed by atoms with van der Waals surface area (Å²) in [6.07, 6.45) is 1.68. The zero-order valence-corrected chi connectivity index (χ0v) is 13.3. The molecule has 0 spiro atoms. The van der Waals surface area contributed by atoms with Crippen LogP contribution in [0.1, 0.15) is 15.9 Å². The molecule has 0 aliphatic rings. The highest BCUT2D eigenvalue weighted by molar-refractivity contribution is 6.45. The molecular formula is C18H15ClN2O2. The van der Waals surface area contributed by atoms with Gasteiger partial charge in [0.25, 0.3) is 11.7 Å². The maximum Gasteiger partial charge on any atom is 0.292 e. The smallest absolute Gasteiger partial charge is 0.292 e. The standard InChI is InChI=1S/C18H15ClN2O2/c1-21-11-14(13-7-3-5-9-16(13)21)17(22)18(23)20-10-12-6-2-4-8-15(12)19/h2-9,11H,10H2,1H3,(H,20,23). The maximum absolute atomic E-state index is 12.4. The first-order valence-corrected chi connectivity index (χ1v) is 7.55. The van der Waals surface area contributed by atoms with Crippen molar-refractivity contribution in [1.29, 1.82) is 0 Å². The summed E-state index contributed by atoms with van der Waals surface area (Å²) >= 11 is 6.05. The Balaban J connectivity index is 1.79. The summed E-state index contributed by atoms with van der Waals surface area (Å²) in [5, 5.41) is 3.96. The number of aryl methyl sites for hydroxylation is 1. The first kappa shape index (κ1) is 15.3. The minimum Gasteiger partial charge on any atom is -0.350 e. The molecule has 1 amide bonds. The maximum atomic E-state index is 12.4. The van der Waals surface area contributed by atoms with Crippen LogP contribution in [0.15, 0.2) is 54.7 Å². The number of carbonyl (C=O) groups is 2. The van der Waals surface area contributed by atoms with Crippen LogP contribution in [0, 0.1) is 0 Å². The number of carbonyl (C=O) groups excluding carboxylic acids is 2. The van der Waals surface area contributed by atoms with Gasteiger partial charge in [0.05, 0.1) is 5.56 Å². The fraction of sp³-hybridized carbons (Fsp3) is 0.111. The highest BCUT2D eigenvalue weighted by Gasteiger charge is 2.20. The molecule has 0 aliphatic heterocycles. The second-order valence-electron chi connectivity index (χ2n) is 5.27. The molecule has 4 nitrogen and oxygen atoms in total. The fourth-order valence-corrected chi connectivity index (χ4v) is 2.75. The lowest BCUT2D eigenvalue weighted by molar-refractivity contribution is -0.117. The molecule has 3 rings (SSSR count). The van der Waals surface area contributed by atoms with Crippen molar-refractivity contribution in [3.05, 3.63) is 70.9 Å². The van der Waals surface area contributed by atoms with Crippen LogP contribution in [-0.4, -0.2) is 16.3 Å². The average Bonchev–Trinajstić information content (AvgIpc) is 2.90. The predicted molar refractivity (Wildman–Crippen MR) is 90.5 cm³/mol. The van der Waals surface area contributed by atoms with E-state index in [1.165, 1.54) is 0 Å². The Hall–Kier alpha value is -2.59. The summed E-state index contributed by atoms with van der Waals surface area (Å²) in [6, 6.07) is 14.7. The number of ketones is 1. The van der Waals surface area contributed by atoms with Crippen LogP contribution < -0.4 is 5.32 Å². The van der Waals surface area contributed by atoms with Crippen molar-refractivity contribution in [2.45, 2.75) is 6.54 Å². The third-order valence-corrected chi connectivity index (χ3v) is 4.11. The molecule has 0 saturated carbocycles. The van der Waals surface area contributed by atoms with E-state index in [1.54, 1.807) is 12.3 Å². The number of benzene rings is 2. The molecule has 1 N–H and O–H groups in total. The Morgan fingerprint density at radius 3 is 2.57 bits per heavy atom. The molecule has 5 heteroatoms. The van der Waals surface area contributed by atoms with Gasteiger partial charge in [0, 0.05) is 35.7 Å². The average molecular weight is 327 g/mol. The molecule has 0 bridgehead atoms. The fourth-order valence-electron chi connectivity index (χ4n) is 2.54. The lowest BCUT2D eigenvalue weighted by Crippen LogP contribution is -2.30. The summed E-state index contributed by atoms with van der Waals surface area (Å²) in [5.74, 6) is -1.19. The number of nitrogens with zero attached hydrogens (tertiary/aromatic N) is 1. The zero-order chi connectivity index (χ0) is 16.4. The Morgan fingerprint density at radius 2 is 1.78 bits per heavy atom. The second-order valence-corrected chi connectivity index (χ2v) is 5.68. The summed E-state index contributed by atoms with van der Waals surface area (Å²) in [7, 11) is 1.85. The number of amides is 1. The van der Waals surface area contributed by atoms with Crippen molar-refractivity contribution in [3.63, 3.8) is 0 Å². The Labute approximate surface area is 138 Å². The Morgan fingerprint density at radius 1 is 1.09 bits per heavy atom. The van der Waals surface area contributed by atoms with Gasteiger partial charge in [-0.1, -0.05) is 48.0 Å². The van der Waals surface area contributed by atoms with E-state index < -0.39 is 11.7 Å². The first-order valence-electron chi connectivity index (χ1n) is 7.18. The number of rotatable bonds is 4. The van der Waals surface area contributed by atoms with Gasteiger partial charge in [-0.15, -0.1) is 0 Å². The summed E-state index contributed by atoms with van der Waals surface area (Å²) < 4.78 is 1.84. The highest BCUT2D eigenvalue weighted by Crippen LogP contribution is 2.21. The number of fused-ring (bicyclic) bond motifs is 1. The van der Waals surface area contributed by atoms with Gasteiger partial charge in [0.15, 0.2) is 0 Å². The molecule has 0 saturated heterocycles. The molecule has 0 unspecified atom stereocenters. The van der Waals surface area contributed by atoms with Crippen molar-refractivity contribution in [3.8, 4) is 0 Å². The van der Waals surface area contributed by atoms with E-state index in [0.717, 1.165) is 16.5 Å². The van der Waals surface area contributed by atoms with Gasteiger partial charge < -0.3 is 9.88 Å². The molecule has 0 radical (unpaired) electrons. The number of halogens is 1. The van der Waals surface area contributed by atoms with Crippen LogP contribution in [0.4, 0.5) is 0 Å². The summed E-state index contributed by atoms with van der Waals surface area (Å²) in [6.45, 7) is 0.217. The van der Waals surface area contributed by atoms with E-state index in [0.29, 0.717) is 10.6 Å². The molecular weight excluding hydrogens is 312 g/mol. The first-order chi connectivity index (χ1) is 11.1. The SMILES string of the molecule is Cn1cc(C(=O)C(=O)NCc2ccccc2Cl)c2ccccc21. The molecule has 1 aromatic heterocycles. The largest absolute Gasteiger partial charge is 0.350 e. The summed E-state index contributed by atoms with van der Waals surface area (Å²) in [5.41, 5.74) is 2.09. The quantitative estimate of drug-likeness (QED) is 0.590. The van der Waals surface area contributed by atoms with Gasteiger partial charge in [-0.3, -0.25) is 9.59 Å². The van der Waals surface area contributed by atoms with Crippen molar-refractivity contribution in [2.75, 3.05) is 0 Å². The second kappa shape index (κ2) is 6.26. The van der Waals surface area contributed by atoms with E-state index in [9.17, 15) is 9.59 Å². The normalized spacial score (nSPS) is 10.7. The molecule has 23 heavy (non-hydrogen) atoms. The Bertz CT molecular complexity index is 899. The van der Waals surface area contributed by atoms with E-state index in [2.05, 4.69) is 5.32 Å². The highest BCUT2D eigenvalue weighted by atomic mass is 35.5.